The number of aliphatic carboxylic acids is 1. The first-order valence-electron chi connectivity index (χ1n) is 8.82. The molecule has 1 amide bonds. The maximum atomic E-state index is 12.6. The molecule has 2 rings (SSSR count). The summed E-state index contributed by atoms with van der Waals surface area (Å²) in [6, 6.07) is 0. The third-order valence-corrected chi connectivity index (χ3v) is 5.39. The maximum absolute atomic E-state index is 12.6. The van der Waals surface area contributed by atoms with Crippen molar-refractivity contribution in [3.8, 4) is 0 Å². The minimum atomic E-state index is -0.768. The number of piperidine rings is 1. The lowest BCUT2D eigenvalue weighted by Crippen LogP contribution is -2.50. The average molecular weight is 335 g/mol. The van der Waals surface area contributed by atoms with Crippen LogP contribution in [0.5, 0.6) is 0 Å². The lowest BCUT2D eigenvalue weighted by molar-refractivity contribution is -0.155. The van der Waals surface area contributed by atoms with Crippen molar-refractivity contribution in [3.05, 3.63) is 17.0 Å². The van der Waals surface area contributed by atoms with Crippen molar-refractivity contribution < 1.29 is 14.7 Å². The number of hydrogen-bond donors (Lipinski definition) is 1. The summed E-state index contributed by atoms with van der Waals surface area (Å²) < 4.78 is 1.88. The Bertz CT molecular complexity index is 619. The molecule has 0 bridgehead atoms. The molecule has 1 saturated heterocycles. The first-order valence-corrected chi connectivity index (χ1v) is 8.82. The van der Waals surface area contributed by atoms with Crippen molar-refractivity contribution in [3.63, 3.8) is 0 Å². The molecule has 0 spiro atoms. The number of carbonyl (C=O) groups excluding carboxylic acids is 1. The van der Waals surface area contributed by atoms with E-state index in [9.17, 15) is 14.7 Å². The largest absolute Gasteiger partial charge is 0.481 e. The summed E-state index contributed by atoms with van der Waals surface area (Å²) in [6.07, 6.45) is 3.24. The highest BCUT2D eigenvalue weighted by Crippen LogP contribution is 2.35. The Hall–Kier alpha value is -1.85. The molecule has 6 heteroatoms. The highest BCUT2D eigenvalue weighted by molar-refractivity contribution is 5.79. The smallest absolute Gasteiger partial charge is 0.311 e. The van der Waals surface area contributed by atoms with Gasteiger partial charge < -0.3 is 10.0 Å². The molecule has 0 unspecified atom stereocenters. The molecule has 2 heterocycles. The third-order valence-electron chi connectivity index (χ3n) is 5.39. The van der Waals surface area contributed by atoms with Gasteiger partial charge in [0.1, 0.15) is 0 Å². The number of hydrogen-bond acceptors (Lipinski definition) is 3. The van der Waals surface area contributed by atoms with Crippen molar-refractivity contribution >= 4 is 11.9 Å². The number of likely N-dealkylation sites (tertiary alicyclic amines) is 1. The number of carboxylic acids is 1. The molecule has 6 nitrogen and oxygen atoms in total. The molecule has 1 aliphatic rings. The Labute approximate surface area is 143 Å². The summed E-state index contributed by atoms with van der Waals surface area (Å²) in [5.74, 6) is -0.738. The van der Waals surface area contributed by atoms with Gasteiger partial charge in [0.05, 0.1) is 11.1 Å². The van der Waals surface area contributed by atoms with Crippen LogP contribution < -0.4 is 0 Å². The van der Waals surface area contributed by atoms with Crippen molar-refractivity contribution in [2.24, 2.45) is 5.41 Å². The topological polar surface area (TPSA) is 75.4 Å². The molecule has 134 valence electrons. The predicted molar refractivity (Wildman–Crippen MR) is 91.8 cm³/mol. The van der Waals surface area contributed by atoms with E-state index in [2.05, 4.69) is 5.10 Å². The first-order chi connectivity index (χ1) is 11.3. The summed E-state index contributed by atoms with van der Waals surface area (Å²) in [5, 5.41) is 14.1. The van der Waals surface area contributed by atoms with Gasteiger partial charge in [-0.05, 0) is 45.6 Å². The number of nitrogens with zero attached hydrogens (tertiary/aromatic N) is 3. The van der Waals surface area contributed by atoms with E-state index in [1.54, 1.807) is 4.90 Å². The highest BCUT2D eigenvalue weighted by atomic mass is 16.4. The molecule has 0 saturated carbocycles. The zero-order valence-electron chi connectivity index (χ0n) is 15.3. The van der Waals surface area contributed by atoms with Crippen molar-refractivity contribution in [1.29, 1.82) is 0 Å². The van der Waals surface area contributed by atoms with Gasteiger partial charge in [0.15, 0.2) is 0 Å². The lowest BCUT2D eigenvalue weighted by atomic mass is 9.76. The van der Waals surface area contributed by atoms with E-state index in [4.69, 9.17) is 0 Å². The lowest BCUT2D eigenvalue weighted by Gasteiger charge is -2.40. The summed E-state index contributed by atoms with van der Waals surface area (Å²) >= 11 is 0. The van der Waals surface area contributed by atoms with Gasteiger partial charge in [0, 0.05) is 31.7 Å². The standard InChI is InChI=1S/C18H29N3O3/c1-5-8-18(17(23)24)9-6-10-20(12-18)16(22)7-11-21-15(4)13(2)14(3)19-21/h5-12H2,1-4H3,(H,23,24)/t18-/m1/s1. The van der Waals surface area contributed by atoms with E-state index < -0.39 is 11.4 Å². The van der Waals surface area contributed by atoms with E-state index in [1.807, 2.05) is 32.4 Å². The molecule has 1 aromatic rings. The summed E-state index contributed by atoms with van der Waals surface area (Å²) in [5.41, 5.74) is 2.47. The predicted octanol–water partition coefficient (Wildman–Crippen LogP) is 2.69. The van der Waals surface area contributed by atoms with Crippen LogP contribution in [0.3, 0.4) is 0 Å². The van der Waals surface area contributed by atoms with Crippen LogP contribution in [0.25, 0.3) is 0 Å². The van der Waals surface area contributed by atoms with Gasteiger partial charge in [-0.3, -0.25) is 14.3 Å². The fourth-order valence-corrected chi connectivity index (χ4v) is 3.67. The summed E-state index contributed by atoms with van der Waals surface area (Å²) in [7, 11) is 0. The fourth-order valence-electron chi connectivity index (χ4n) is 3.67. The molecule has 1 aliphatic heterocycles. The first kappa shape index (κ1) is 18.5. The van der Waals surface area contributed by atoms with Gasteiger partial charge >= 0.3 is 5.97 Å². The molecule has 1 aromatic heterocycles. The SMILES string of the molecule is CCC[C@@]1(C(=O)O)CCCN(C(=O)CCn2nc(C)c(C)c2C)C1. The average Bonchev–Trinajstić information content (AvgIpc) is 2.80. The number of carboxylic acid groups (broad SMARTS) is 1. The number of rotatable bonds is 6. The number of amides is 1. The molecule has 0 aliphatic carbocycles. The zero-order valence-corrected chi connectivity index (χ0v) is 15.3. The van der Waals surface area contributed by atoms with E-state index in [0.717, 1.165) is 29.8 Å². The second-order valence-corrected chi connectivity index (χ2v) is 7.02. The van der Waals surface area contributed by atoms with E-state index in [0.29, 0.717) is 38.9 Å². The van der Waals surface area contributed by atoms with Crippen LogP contribution in [-0.4, -0.2) is 44.8 Å². The van der Waals surface area contributed by atoms with Gasteiger partial charge in [-0.1, -0.05) is 13.3 Å². The molecule has 0 radical (unpaired) electrons. The minimum Gasteiger partial charge on any atom is -0.481 e. The summed E-state index contributed by atoms with van der Waals surface area (Å²) in [4.78, 5) is 26.1. The Morgan fingerprint density at radius 3 is 2.54 bits per heavy atom. The summed E-state index contributed by atoms with van der Waals surface area (Å²) in [6.45, 7) is 9.56. The second kappa shape index (κ2) is 7.36. The molecule has 24 heavy (non-hydrogen) atoms. The van der Waals surface area contributed by atoms with Crippen molar-refractivity contribution in [2.45, 2.75) is 66.3 Å². The fraction of sp³-hybridized carbons (Fsp3) is 0.722. The van der Waals surface area contributed by atoms with Crippen LogP contribution in [0, 0.1) is 26.2 Å². The molecular weight excluding hydrogens is 306 g/mol. The number of aromatic nitrogens is 2. The Kier molecular flexibility index (Phi) is 5.67. The van der Waals surface area contributed by atoms with Gasteiger partial charge in [0.2, 0.25) is 5.91 Å². The number of aryl methyl sites for hydroxylation is 2. The van der Waals surface area contributed by atoms with E-state index in [-0.39, 0.29) is 5.91 Å². The monoisotopic (exact) mass is 335 g/mol. The molecule has 0 aromatic carbocycles. The van der Waals surface area contributed by atoms with E-state index in [1.165, 1.54) is 0 Å². The third kappa shape index (κ3) is 3.62. The second-order valence-electron chi connectivity index (χ2n) is 7.02. The van der Waals surface area contributed by atoms with Gasteiger partial charge in [-0.25, -0.2) is 0 Å². The highest BCUT2D eigenvalue weighted by Gasteiger charge is 2.42. The van der Waals surface area contributed by atoms with Crippen LogP contribution in [0.4, 0.5) is 0 Å². The van der Waals surface area contributed by atoms with E-state index >= 15 is 0 Å². The van der Waals surface area contributed by atoms with Crippen LogP contribution >= 0.6 is 0 Å². The Morgan fingerprint density at radius 1 is 1.29 bits per heavy atom. The minimum absolute atomic E-state index is 0.0293. The van der Waals surface area contributed by atoms with Crippen molar-refractivity contribution in [1.82, 2.24) is 14.7 Å². The van der Waals surface area contributed by atoms with Crippen LogP contribution in [0.2, 0.25) is 0 Å². The normalized spacial score (nSPS) is 21.1. The molecule has 1 atom stereocenters. The van der Waals surface area contributed by atoms with Gasteiger partial charge in [-0.2, -0.15) is 5.10 Å². The van der Waals surface area contributed by atoms with Gasteiger partial charge in [-0.15, -0.1) is 0 Å². The van der Waals surface area contributed by atoms with Crippen molar-refractivity contribution in [2.75, 3.05) is 13.1 Å². The van der Waals surface area contributed by atoms with Crippen LogP contribution in [0.15, 0.2) is 0 Å². The van der Waals surface area contributed by atoms with Crippen LogP contribution in [0.1, 0.15) is 56.0 Å². The number of carbonyl (C=O) groups is 2. The van der Waals surface area contributed by atoms with Gasteiger partial charge in [0.25, 0.3) is 0 Å². The Balaban J connectivity index is 2.01. The molecule has 1 N–H and O–H groups in total. The maximum Gasteiger partial charge on any atom is 0.311 e. The Morgan fingerprint density at radius 2 is 2.00 bits per heavy atom. The molecular formula is C18H29N3O3. The zero-order chi connectivity index (χ0) is 17.9. The molecule has 1 fully saturated rings. The quantitative estimate of drug-likeness (QED) is 0.867. The van der Waals surface area contributed by atoms with Crippen LogP contribution in [-0.2, 0) is 16.1 Å².